The van der Waals surface area contributed by atoms with Gasteiger partial charge in [0.25, 0.3) is 5.91 Å². The Morgan fingerprint density at radius 1 is 1.12 bits per heavy atom. The topological polar surface area (TPSA) is 75.6 Å². The van der Waals surface area contributed by atoms with Gasteiger partial charge in [0.1, 0.15) is 11.3 Å². The van der Waals surface area contributed by atoms with Crippen LogP contribution in [0.1, 0.15) is 21.5 Å². The number of nitrogens with one attached hydrogen (secondary N) is 1. The average molecular weight is 368 g/mol. The van der Waals surface area contributed by atoms with Gasteiger partial charge in [0.2, 0.25) is 0 Å². The van der Waals surface area contributed by atoms with E-state index in [0.29, 0.717) is 10.6 Å². The number of rotatable bonds is 4. The lowest BCUT2D eigenvalue weighted by atomic mass is 10.1. The number of hydrogen-bond acceptors (Lipinski definition) is 4. The van der Waals surface area contributed by atoms with Crippen molar-refractivity contribution in [2.75, 3.05) is 11.9 Å². The molecule has 24 heavy (non-hydrogen) atoms. The highest BCUT2D eigenvalue weighted by Crippen LogP contribution is 2.32. The van der Waals surface area contributed by atoms with Crippen molar-refractivity contribution in [2.24, 2.45) is 0 Å². The SMILES string of the molecule is Cc1cccc(C(=O)OCC(=O)Nc2c(Cl)ccc(C)c2Cl)c1O. The van der Waals surface area contributed by atoms with Crippen molar-refractivity contribution in [3.63, 3.8) is 0 Å². The molecule has 5 nitrogen and oxygen atoms in total. The van der Waals surface area contributed by atoms with E-state index in [2.05, 4.69) is 5.32 Å². The van der Waals surface area contributed by atoms with Crippen LogP contribution in [0.5, 0.6) is 5.75 Å². The fourth-order valence-corrected chi connectivity index (χ4v) is 2.44. The summed E-state index contributed by atoms with van der Waals surface area (Å²) in [4.78, 5) is 23.9. The third-order valence-corrected chi connectivity index (χ3v) is 4.14. The lowest BCUT2D eigenvalue weighted by molar-refractivity contribution is -0.119. The first kappa shape index (κ1) is 18.1. The Morgan fingerprint density at radius 2 is 1.83 bits per heavy atom. The molecular weight excluding hydrogens is 353 g/mol. The van der Waals surface area contributed by atoms with Gasteiger partial charge >= 0.3 is 5.97 Å². The molecule has 0 fully saturated rings. The number of halogens is 2. The molecule has 0 aliphatic heterocycles. The Hall–Kier alpha value is -2.24. The van der Waals surface area contributed by atoms with Crippen LogP contribution >= 0.6 is 23.2 Å². The molecule has 0 bridgehead atoms. The van der Waals surface area contributed by atoms with E-state index in [0.717, 1.165) is 5.56 Å². The molecule has 126 valence electrons. The van der Waals surface area contributed by atoms with Crippen molar-refractivity contribution in [3.8, 4) is 5.75 Å². The van der Waals surface area contributed by atoms with Crippen LogP contribution in [0.4, 0.5) is 5.69 Å². The second kappa shape index (κ2) is 7.55. The molecule has 0 radical (unpaired) electrons. The summed E-state index contributed by atoms with van der Waals surface area (Å²) < 4.78 is 4.91. The van der Waals surface area contributed by atoms with Crippen LogP contribution < -0.4 is 5.32 Å². The lowest BCUT2D eigenvalue weighted by Crippen LogP contribution is -2.21. The zero-order valence-corrected chi connectivity index (χ0v) is 14.5. The Balaban J connectivity index is 2.03. The van der Waals surface area contributed by atoms with Gasteiger partial charge in [-0.2, -0.15) is 0 Å². The number of aryl methyl sites for hydroxylation is 2. The van der Waals surface area contributed by atoms with E-state index in [1.165, 1.54) is 6.07 Å². The Labute approximate surface area is 149 Å². The minimum absolute atomic E-state index is 0.00517. The van der Waals surface area contributed by atoms with E-state index in [-0.39, 0.29) is 22.0 Å². The highest BCUT2D eigenvalue weighted by molar-refractivity contribution is 6.40. The van der Waals surface area contributed by atoms with Gasteiger partial charge in [-0.1, -0.05) is 41.4 Å². The van der Waals surface area contributed by atoms with E-state index in [9.17, 15) is 14.7 Å². The predicted molar refractivity (Wildman–Crippen MR) is 93.0 cm³/mol. The van der Waals surface area contributed by atoms with Crippen molar-refractivity contribution in [2.45, 2.75) is 13.8 Å². The summed E-state index contributed by atoms with van der Waals surface area (Å²) in [7, 11) is 0. The maximum atomic E-state index is 11.9. The van der Waals surface area contributed by atoms with E-state index in [1.54, 1.807) is 38.1 Å². The van der Waals surface area contributed by atoms with Crippen LogP contribution in [0, 0.1) is 13.8 Å². The Kier molecular flexibility index (Phi) is 5.70. The summed E-state index contributed by atoms with van der Waals surface area (Å²) in [5, 5.41) is 12.9. The van der Waals surface area contributed by atoms with Crippen LogP contribution in [-0.4, -0.2) is 23.6 Å². The maximum Gasteiger partial charge on any atom is 0.342 e. The third-order valence-electron chi connectivity index (χ3n) is 3.34. The first-order chi connectivity index (χ1) is 11.3. The summed E-state index contributed by atoms with van der Waals surface area (Å²) in [6, 6.07) is 8.01. The van der Waals surface area contributed by atoms with Crippen molar-refractivity contribution < 1.29 is 19.4 Å². The number of ether oxygens (including phenoxy) is 1. The third kappa shape index (κ3) is 3.99. The maximum absolute atomic E-state index is 11.9. The molecule has 0 aliphatic carbocycles. The molecule has 0 spiro atoms. The highest BCUT2D eigenvalue weighted by Gasteiger charge is 2.17. The number of carbonyl (C=O) groups is 2. The van der Waals surface area contributed by atoms with Crippen LogP contribution in [-0.2, 0) is 9.53 Å². The molecule has 2 N–H and O–H groups in total. The zero-order chi connectivity index (χ0) is 17.9. The minimum atomic E-state index is -0.798. The number of carbonyl (C=O) groups excluding carboxylic acids is 2. The van der Waals surface area contributed by atoms with E-state index in [1.807, 2.05) is 0 Å². The van der Waals surface area contributed by atoms with Gasteiger partial charge in [-0.25, -0.2) is 4.79 Å². The molecule has 0 saturated heterocycles. The van der Waals surface area contributed by atoms with Gasteiger partial charge in [0.05, 0.1) is 15.7 Å². The number of esters is 1. The highest BCUT2D eigenvalue weighted by atomic mass is 35.5. The van der Waals surface area contributed by atoms with Gasteiger partial charge in [-0.05, 0) is 37.1 Å². The average Bonchev–Trinajstić information content (AvgIpc) is 2.55. The molecule has 0 heterocycles. The Bertz CT molecular complexity index is 805. The summed E-state index contributed by atoms with van der Waals surface area (Å²) in [5.74, 6) is -1.56. The number of anilines is 1. The summed E-state index contributed by atoms with van der Waals surface area (Å²) in [6.07, 6.45) is 0. The predicted octanol–water partition coefficient (Wildman–Crippen LogP) is 4.11. The fraction of sp³-hybridized carbons (Fsp3) is 0.176. The number of phenols is 1. The van der Waals surface area contributed by atoms with Gasteiger partial charge < -0.3 is 15.2 Å². The van der Waals surface area contributed by atoms with Gasteiger partial charge in [-0.3, -0.25) is 4.79 Å². The largest absolute Gasteiger partial charge is 0.507 e. The number of hydrogen-bond donors (Lipinski definition) is 2. The molecule has 7 heteroatoms. The first-order valence-corrected chi connectivity index (χ1v) is 7.77. The number of phenolic OH excluding ortho intramolecular Hbond substituents is 1. The molecular formula is C17H15Cl2NO4. The molecule has 0 aliphatic rings. The van der Waals surface area contributed by atoms with Gasteiger partial charge in [0.15, 0.2) is 6.61 Å². The zero-order valence-electron chi connectivity index (χ0n) is 13.0. The molecule has 0 unspecified atom stereocenters. The number of amides is 1. The molecule has 0 atom stereocenters. The van der Waals surface area contributed by atoms with Gasteiger partial charge in [-0.15, -0.1) is 0 Å². The van der Waals surface area contributed by atoms with Crippen molar-refractivity contribution >= 4 is 40.8 Å². The molecule has 2 aromatic carbocycles. The molecule has 2 rings (SSSR count). The van der Waals surface area contributed by atoms with E-state index in [4.69, 9.17) is 27.9 Å². The van der Waals surface area contributed by atoms with E-state index < -0.39 is 18.5 Å². The summed E-state index contributed by atoms with van der Waals surface area (Å²) in [6.45, 7) is 2.89. The quantitative estimate of drug-likeness (QED) is 0.797. The van der Waals surface area contributed by atoms with Crippen LogP contribution in [0.15, 0.2) is 30.3 Å². The monoisotopic (exact) mass is 367 g/mol. The number of aromatic hydroxyl groups is 1. The van der Waals surface area contributed by atoms with Gasteiger partial charge in [0, 0.05) is 0 Å². The molecule has 2 aromatic rings. The van der Waals surface area contributed by atoms with Crippen LogP contribution in [0.3, 0.4) is 0 Å². The first-order valence-electron chi connectivity index (χ1n) is 7.01. The molecule has 1 amide bonds. The van der Waals surface area contributed by atoms with Crippen LogP contribution in [0.25, 0.3) is 0 Å². The number of para-hydroxylation sites is 1. The minimum Gasteiger partial charge on any atom is -0.507 e. The summed E-state index contributed by atoms with van der Waals surface area (Å²) in [5.41, 5.74) is 1.54. The molecule has 0 aromatic heterocycles. The summed E-state index contributed by atoms with van der Waals surface area (Å²) >= 11 is 12.1. The normalized spacial score (nSPS) is 10.3. The lowest BCUT2D eigenvalue weighted by Gasteiger charge is -2.12. The second-order valence-electron chi connectivity index (χ2n) is 5.15. The Morgan fingerprint density at radius 3 is 2.54 bits per heavy atom. The van der Waals surface area contributed by atoms with Crippen molar-refractivity contribution in [1.29, 1.82) is 0 Å². The van der Waals surface area contributed by atoms with Crippen LogP contribution in [0.2, 0.25) is 10.0 Å². The van der Waals surface area contributed by atoms with Crippen molar-refractivity contribution in [1.82, 2.24) is 0 Å². The second-order valence-corrected chi connectivity index (χ2v) is 5.93. The van der Waals surface area contributed by atoms with Crippen molar-refractivity contribution in [3.05, 3.63) is 57.1 Å². The fourth-order valence-electron chi connectivity index (χ4n) is 1.98. The van der Waals surface area contributed by atoms with E-state index >= 15 is 0 Å². The standard InChI is InChI=1S/C17H15Cl2NO4/c1-9-6-7-12(18)15(14(9)19)20-13(21)8-24-17(23)11-5-3-4-10(2)16(11)22/h3-7,22H,8H2,1-2H3,(H,20,21). The molecule has 0 saturated carbocycles. The number of benzene rings is 2. The smallest absolute Gasteiger partial charge is 0.342 e.